The molecule has 0 aliphatic rings. The Morgan fingerprint density at radius 1 is 0.682 bits per heavy atom. The third kappa shape index (κ3) is 7.12. The Kier molecular flexibility index (Phi) is 9.69. The molecule has 0 N–H and O–H groups in total. The van der Waals surface area contributed by atoms with Crippen molar-refractivity contribution in [2.45, 2.75) is 67.2 Å². The van der Waals surface area contributed by atoms with Gasteiger partial charge in [0.05, 0.1) is 0 Å². The number of esters is 2. The van der Waals surface area contributed by atoms with E-state index in [1.807, 2.05) is 27.7 Å². The van der Waals surface area contributed by atoms with Gasteiger partial charge in [0.15, 0.2) is 11.5 Å². The quantitative estimate of drug-likeness (QED) is 0.418. The molecule has 22 heavy (non-hydrogen) atoms. The van der Waals surface area contributed by atoms with Crippen molar-refractivity contribution in [3.63, 3.8) is 0 Å². The smallest absolute Gasteiger partial charge is 0.308 e. The number of carbonyl (C=O) groups excluding carboxylic acids is 2. The first-order chi connectivity index (χ1) is 10.4. The van der Waals surface area contributed by atoms with Crippen LogP contribution in [0, 0.1) is 11.8 Å². The van der Waals surface area contributed by atoms with Crippen molar-refractivity contribution in [3.8, 4) is 11.8 Å². The number of ether oxygens (including phenoxy) is 2. The molecule has 0 saturated carbocycles. The first kappa shape index (κ1) is 20.0. The Morgan fingerprint density at radius 2 is 0.955 bits per heavy atom. The van der Waals surface area contributed by atoms with Gasteiger partial charge in [-0.25, -0.2) is 0 Å². The van der Waals surface area contributed by atoms with Gasteiger partial charge in [0.2, 0.25) is 0 Å². The molecule has 4 heteroatoms. The lowest BCUT2D eigenvalue weighted by Gasteiger charge is -2.08. The average molecular weight is 306 g/mol. The van der Waals surface area contributed by atoms with Gasteiger partial charge in [-0.2, -0.15) is 0 Å². The summed E-state index contributed by atoms with van der Waals surface area (Å²) in [5, 5.41) is 0. The van der Waals surface area contributed by atoms with Gasteiger partial charge in [-0.1, -0.05) is 27.7 Å². The highest BCUT2D eigenvalue weighted by molar-refractivity contribution is 5.69. The van der Waals surface area contributed by atoms with Gasteiger partial charge in [-0.3, -0.25) is 9.59 Å². The second-order valence-electron chi connectivity index (χ2n) is 4.72. The molecule has 0 spiro atoms. The van der Waals surface area contributed by atoms with Gasteiger partial charge >= 0.3 is 11.9 Å². The molecule has 0 rings (SSSR count). The maximum Gasteiger partial charge on any atom is 0.308 e. The largest absolute Gasteiger partial charge is 0.417 e. The van der Waals surface area contributed by atoms with E-state index in [0.29, 0.717) is 11.5 Å². The van der Waals surface area contributed by atoms with E-state index in [9.17, 15) is 9.59 Å². The summed E-state index contributed by atoms with van der Waals surface area (Å²) in [5.41, 5.74) is 1.92. The van der Waals surface area contributed by atoms with Gasteiger partial charge in [0.1, 0.15) is 0 Å². The molecule has 0 aromatic rings. The highest BCUT2D eigenvalue weighted by atomic mass is 16.5. The number of allylic oxidation sites excluding steroid dienone is 4. The van der Waals surface area contributed by atoms with E-state index in [0.717, 1.165) is 36.8 Å². The lowest BCUT2D eigenvalue weighted by molar-refractivity contribution is -0.137. The standard InChI is InChI=1S/C18H26O4/c1-7-15(8-2)17(21-13(5)19)11-12-18(22-14(6)20)16(9-3)10-4/h7-10H2,1-6H3. The van der Waals surface area contributed by atoms with Crippen LogP contribution in [-0.2, 0) is 19.1 Å². The predicted octanol–water partition coefficient (Wildman–Crippen LogP) is 4.26. The molecule has 0 radical (unpaired) electrons. The van der Waals surface area contributed by atoms with E-state index in [4.69, 9.17) is 9.47 Å². The van der Waals surface area contributed by atoms with E-state index in [-0.39, 0.29) is 0 Å². The van der Waals surface area contributed by atoms with E-state index < -0.39 is 11.9 Å². The molecule has 122 valence electrons. The highest BCUT2D eigenvalue weighted by Crippen LogP contribution is 2.16. The maximum atomic E-state index is 11.2. The van der Waals surface area contributed by atoms with Crippen molar-refractivity contribution in [1.29, 1.82) is 0 Å². The first-order valence-corrected chi connectivity index (χ1v) is 7.72. The van der Waals surface area contributed by atoms with Crippen LogP contribution in [-0.4, -0.2) is 11.9 Å². The Morgan fingerprint density at radius 3 is 1.14 bits per heavy atom. The zero-order valence-electron chi connectivity index (χ0n) is 14.5. The molecule has 0 saturated heterocycles. The van der Waals surface area contributed by atoms with Crippen molar-refractivity contribution >= 4 is 11.9 Å². The van der Waals surface area contributed by atoms with Crippen molar-refractivity contribution < 1.29 is 19.1 Å². The van der Waals surface area contributed by atoms with Crippen LogP contribution in [0.25, 0.3) is 0 Å². The topological polar surface area (TPSA) is 52.6 Å². The van der Waals surface area contributed by atoms with Crippen molar-refractivity contribution in [2.24, 2.45) is 0 Å². The van der Waals surface area contributed by atoms with Gasteiger partial charge < -0.3 is 9.47 Å². The van der Waals surface area contributed by atoms with Gasteiger partial charge in [0, 0.05) is 13.8 Å². The minimum atomic E-state index is -0.409. The van der Waals surface area contributed by atoms with Crippen LogP contribution in [0.3, 0.4) is 0 Å². The summed E-state index contributed by atoms with van der Waals surface area (Å²) in [6.45, 7) is 10.6. The second kappa shape index (κ2) is 10.7. The number of hydrogen-bond donors (Lipinski definition) is 0. The Bertz CT molecular complexity index is 469. The fourth-order valence-electron chi connectivity index (χ4n) is 1.92. The van der Waals surface area contributed by atoms with Crippen LogP contribution in [0.2, 0.25) is 0 Å². The van der Waals surface area contributed by atoms with Gasteiger partial charge in [-0.05, 0) is 48.7 Å². The lowest BCUT2D eigenvalue weighted by atomic mass is 10.1. The highest BCUT2D eigenvalue weighted by Gasteiger charge is 2.08. The zero-order chi connectivity index (χ0) is 17.1. The summed E-state index contributed by atoms with van der Waals surface area (Å²) in [6.07, 6.45) is 2.98. The van der Waals surface area contributed by atoms with Crippen molar-refractivity contribution in [2.75, 3.05) is 0 Å². The molecular weight excluding hydrogens is 280 g/mol. The molecule has 0 heterocycles. The van der Waals surface area contributed by atoms with Crippen molar-refractivity contribution in [3.05, 3.63) is 22.7 Å². The van der Waals surface area contributed by atoms with Crippen LogP contribution in [0.1, 0.15) is 67.2 Å². The normalized spacial score (nSPS) is 9.18. The fraction of sp³-hybridized carbons (Fsp3) is 0.556. The molecule has 0 aliphatic heterocycles. The van der Waals surface area contributed by atoms with E-state index in [1.165, 1.54) is 13.8 Å². The molecule has 0 aromatic carbocycles. The van der Waals surface area contributed by atoms with Crippen molar-refractivity contribution in [1.82, 2.24) is 0 Å². The van der Waals surface area contributed by atoms with Crippen LogP contribution in [0.15, 0.2) is 22.7 Å². The Balaban J connectivity index is 5.80. The summed E-state index contributed by atoms with van der Waals surface area (Å²) in [6, 6.07) is 0. The summed E-state index contributed by atoms with van der Waals surface area (Å²) in [4.78, 5) is 22.5. The Labute approximate surface area is 133 Å². The minimum absolute atomic E-state index is 0.355. The molecule has 0 fully saturated rings. The predicted molar refractivity (Wildman–Crippen MR) is 86.5 cm³/mol. The number of hydrogen-bond acceptors (Lipinski definition) is 4. The summed E-state index contributed by atoms with van der Waals surface area (Å²) in [7, 11) is 0. The third-order valence-electron chi connectivity index (χ3n) is 3.13. The van der Waals surface area contributed by atoms with Crippen LogP contribution >= 0.6 is 0 Å². The molecule has 0 bridgehead atoms. The fourth-order valence-corrected chi connectivity index (χ4v) is 1.92. The minimum Gasteiger partial charge on any atom is -0.417 e. The lowest BCUT2D eigenvalue weighted by Crippen LogP contribution is -2.03. The van der Waals surface area contributed by atoms with E-state index >= 15 is 0 Å². The average Bonchev–Trinajstić information content (AvgIpc) is 2.45. The zero-order valence-corrected chi connectivity index (χ0v) is 14.5. The molecule has 4 nitrogen and oxygen atoms in total. The first-order valence-electron chi connectivity index (χ1n) is 7.72. The van der Waals surface area contributed by atoms with Gasteiger partial charge in [-0.15, -0.1) is 0 Å². The molecule has 0 unspecified atom stereocenters. The third-order valence-corrected chi connectivity index (χ3v) is 3.13. The maximum absolute atomic E-state index is 11.2. The summed E-state index contributed by atoms with van der Waals surface area (Å²) in [5.74, 6) is 5.61. The van der Waals surface area contributed by atoms with Crippen LogP contribution < -0.4 is 0 Å². The Hall–Kier alpha value is -2.02. The molecule has 0 aliphatic carbocycles. The number of rotatable bonds is 6. The SMILES string of the molecule is CCC(CC)=C(C#CC(OC(C)=O)=C(CC)CC)OC(C)=O. The van der Waals surface area contributed by atoms with Gasteiger partial charge in [0.25, 0.3) is 0 Å². The monoisotopic (exact) mass is 306 g/mol. The summed E-state index contributed by atoms with van der Waals surface area (Å²) < 4.78 is 10.4. The van der Waals surface area contributed by atoms with E-state index in [1.54, 1.807) is 0 Å². The second-order valence-corrected chi connectivity index (χ2v) is 4.72. The van der Waals surface area contributed by atoms with Crippen LogP contribution in [0.5, 0.6) is 0 Å². The molecular formula is C18H26O4. The molecule has 0 atom stereocenters. The summed E-state index contributed by atoms with van der Waals surface area (Å²) >= 11 is 0. The van der Waals surface area contributed by atoms with E-state index in [2.05, 4.69) is 11.8 Å². The molecule has 0 aromatic heterocycles. The van der Waals surface area contributed by atoms with Crippen LogP contribution in [0.4, 0.5) is 0 Å². The number of carbonyl (C=O) groups is 2. The molecule has 0 amide bonds.